The Balaban J connectivity index is 3.13. The fourth-order valence-electron chi connectivity index (χ4n) is 1.16. The predicted octanol–water partition coefficient (Wildman–Crippen LogP) is 1.12. The molecule has 0 unspecified atom stereocenters. The number of methoxy groups -OCH3 is 1. The highest BCUT2D eigenvalue weighted by molar-refractivity contribution is 5.60. The van der Waals surface area contributed by atoms with Crippen molar-refractivity contribution in [3.63, 3.8) is 0 Å². The van der Waals surface area contributed by atoms with E-state index in [1.165, 1.54) is 7.11 Å². The van der Waals surface area contributed by atoms with Crippen LogP contribution in [-0.4, -0.2) is 24.1 Å². The maximum absolute atomic E-state index is 5.63. The molecular formula is C10H16N4O. The molecule has 5 heteroatoms. The van der Waals surface area contributed by atoms with Crippen LogP contribution in [0.1, 0.15) is 18.4 Å². The maximum Gasteiger partial charge on any atom is 0.190 e. The lowest BCUT2D eigenvalue weighted by Gasteiger charge is -2.08. The van der Waals surface area contributed by atoms with Gasteiger partial charge in [-0.1, -0.05) is 0 Å². The van der Waals surface area contributed by atoms with E-state index in [9.17, 15) is 0 Å². The van der Waals surface area contributed by atoms with Crippen molar-refractivity contribution in [2.24, 2.45) is 5.73 Å². The van der Waals surface area contributed by atoms with Gasteiger partial charge in [0.15, 0.2) is 11.7 Å². The lowest BCUT2D eigenvalue weighted by atomic mass is 10.2. The smallest absolute Gasteiger partial charge is 0.190 e. The van der Waals surface area contributed by atoms with Crippen LogP contribution in [0.2, 0.25) is 0 Å². The van der Waals surface area contributed by atoms with Crippen LogP contribution in [0.15, 0.2) is 12.1 Å². The number of rotatable bonds is 3. The predicted molar refractivity (Wildman–Crippen MR) is 60.1 cm³/mol. The summed E-state index contributed by atoms with van der Waals surface area (Å²) in [7, 11) is 3.35. The van der Waals surface area contributed by atoms with Crippen molar-refractivity contribution in [3.05, 3.63) is 23.6 Å². The Hall–Kier alpha value is -1.78. The fraction of sp³-hybridized carbons (Fsp3) is 0.400. The third-order valence-electron chi connectivity index (χ3n) is 2.17. The van der Waals surface area contributed by atoms with E-state index in [1.807, 2.05) is 20.9 Å². The Morgan fingerprint density at radius 3 is 2.67 bits per heavy atom. The summed E-state index contributed by atoms with van der Waals surface area (Å²) in [6.07, 6.45) is 1.73. The number of anilines is 1. The van der Waals surface area contributed by atoms with E-state index >= 15 is 0 Å². The first-order valence-corrected chi connectivity index (χ1v) is 4.62. The molecule has 0 spiro atoms. The Labute approximate surface area is 89.4 Å². The van der Waals surface area contributed by atoms with Crippen LogP contribution >= 0.6 is 0 Å². The number of hydrogen-bond acceptors (Lipinski definition) is 5. The zero-order valence-electron chi connectivity index (χ0n) is 9.46. The highest BCUT2D eigenvalue weighted by atomic mass is 16.5. The molecule has 0 aliphatic heterocycles. The molecule has 0 atom stereocenters. The van der Waals surface area contributed by atoms with Gasteiger partial charge in [0.25, 0.3) is 0 Å². The normalized spacial score (nSPS) is 12.0. The van der Waals surface area contributed by atoms with Crippen molar-refractivity contribution >= 4 is 11.3 Å². The first-order valence-electron chi connectivity index (χ1n) is 4.62. The molecule has 5 nitrogen and oxygen atoms in total. The molecule has 0 amide bonds. The molecule has 1 aromatic rings. The topological polar surface area (TPSA) is 73.1 Å². The SMILES string of the molecule is CNc1cnc(/C(C)=C(/N)OC)nc1C. The summed E-state index contributed by atoms with van der Waals surface area (Å²) in [6.45, 7) is 3.74. The van der Waals surface area contributed by atoms with Crippen LogP contribution in [0, 0.1) is 6.92 Å². The first-order chi connectivity index (χ1) is 7.10. The molecule has 0 bridgehead atoms. The zero-order chi connectivity index (χ0) is 11.4. The zero-order valence-corrected chi connectivity index (χ0v) is 9.46. The van der Waals surface area contributed by atoms with E-state index in [4.69, 9.17) is 10.5 Å². The van der Waals surface area contributed by atoms with Gasteiger partial charge in [-0.15, -0.1) is 0 Å². The molecule has 0 saturated heterocycles. The van der Waals surface area contributed by atoms with E-state index in [1.54, 1.807) is 6.20 Å². The van der Waals surface area contributed by atoms with Gasteiger partial charge in [0.1, 0.15) is 0 Å². The molecule has 1 rings (SSSR count). The summed E-state index contributed by atoms with van der Waals surface area (Å²) in [5.74, 6) is 0.928. The van der Waals surface area contributed by atoms with Crippen molar-refractivity contribution in [1.29, 1.82) is 0 Å². The number of aromatic nitrogens is 2. The Morgan fingerprint density at radius 1 is 1.53 bits per heavy atom. The molecule has 0 aromatic carbocycles. The summed E-state index contributed by atoms with van der Waals surface area (Å²) in [4.78, 5) is 8.51. The quantitative estimate of drug-likeness (QED) is 0.728. The molecule has 0 fully saturated rings. The lowest BCUT2D eigenvalue weighted by Crippen LogP contribution is -2.06. The van der Waals surface area contributed by atoms with Gasteiger partial charge in [-0.3, -0.25) is 0 Å². The van der Waals surface area contributed by atoms with Crippen molar-refractivity contribution < 1.29 is 4.74 Å². The van der Waals surface area contributed by atoms with Crippen molar-refractivity contribution in [2.75, 3.05) is 19.5 Å². The van der Waals surface area contributed by atoms with Crippen LogP contribution < -0.4 is 11.1 Å². The third-order valence-corrected chi connectivity index (χ3v) is 2.17. The van der Waals surface area contributed by atoms with Gasteiger partial charge in [-0.2, -0.15) is 0 Å². The molecule has 0 aliphatic carbocycles. The molecule has 82 valence electrons. The minimum Gasteiger partial charge on any atom is -0.482 e. The fourth-order valence-corrected chi connectivity index (χ4v) is 1.16. The summed E-state index contributed by atoms with van der Waals surface area (Å²) in [5, 5.41) is 3.00. The number of nitrogens with one attached hydrogen (secondary N) is 1. The Kier molecular flexibility index (Phi) is 3.49. The lowest BCUT2D eigenvalue weighted by molar-refractivity contribution is 0.289. The second-order valence-corrected chi connectivity index (χ2v) is 3.14. The van der Waals surface area contributed by atoms with Crippen LogP contribution in [0.25, 0.3) is 5.57 Å². The highest BCUT2D eigenvalue weighted by Gasteiger charge is 2.07. The number of allylic oxidation sites excluding steroid dienone is 1. The van der Waals surface area contributed by atoms with E-state index in [2.05, 4.69) is 15.3 Å². The average molecular weight is 208 g/mol. The second kappa shape index (κ2) is 4.63. The molecule has 1 heterocycles. The third kappa shape index (κ3) is 2.37. The Morgan fingerprint density at radius 2 is 2.20 bits per heavy atom. The second-order valence-electron chi connectivity index (χ2n) is 3.14. The van der Waals surface area contributed by atoms with Gasteiger partial charge in [-0.05, 0) is 13.8 Å². The molecule has 0 radical (unpaired) electrons. The maximum atomic E-state index is 5.63. The summed E-state index contributed by atoms with van der Waals surface area (Å²) < 4.78 is 4.92. The van der Waals surface area contributed by atoms with Crippen LogP contribution in [0.4, 0.5) is 5.69 Å². The molecule has 1 aromatic heterocycles. The van der Waals surface area contributed by atoms with Gasteiger partial charge >= 0.3 is 0 Å². The average Bonchev–Trinajstić information content (AvgIpc) is 2.26. The molecule has 15 heavy (non-hydrogen) atoms. The van der Waals surface area contributed by atoms with Crippen molar-refractivity contribution in [3.8, 4) is 0 Å². The Bertz CT molecular complexity index is 387. The van der Waals surface area contributed by atoms with Gasteiger partial charge < -0.3 is 15.8 Å². The van der Waals surface area contributed by atoms with Gasteiger partial charge in [-0.25, -0.2) is 9.97 Å². The largest absolute Gasteiger partial charge is 0.482 e. The van der Waals surface area contributed by atoms with E-state index in [0.29, 0.717) is 11.7 Å². The summed E-state index contributed by atoms with van der Waals surface area (Å²) in [5.41, 5.74) is 8.16. The minimum atomic E-state index is 0.339. The first kappa shape index (κ1) is 11.3. The van der Waals surface area contributed by atoms with Crippen LogP contribution in [0.5, 0.6) is 0 Å². The van der Waals surface area contributed by atoms with Gasteiger partial charge in [0.05, 0.1) is 30.3 Å². The van der Waals surface area contributed by atoms with Gasteiger partial charge in [0, 0.05) is 7.05 Å². The minimum absolute atomic E-state index is 0.339. The summed E-state index contributed by atoms with van der Waals surface area (Å²) >= 11 is 0. The van der Waals surface area contributed by atoms with Gasteiger partial charge in [0.2, 0.25) is 0 Å². The highest BCUT2D eigenvalue weighted by Crippen LogP contribution is 2.15. The van der Waals surface area contributed by atoms with Crippen molar-refractivity contribution in [1.82, 2.24) is 9.97 Å². The number of aryl methyl sites for hydroxylation is 1. The van der Waals surface area contributed by atoms with E-state index in [0.717, 1.165) is 17.0 Å². The van der Waals surface area contributed by atoms with Crippen LogP contribution in [-0.2, 0) is 4.74 Å². The molecule has 0 aliphatic rings. The van der Waals surface area contributed by atoms with E-state index in [-0.39, 0.29) is 0 Å². The monoisotopic (exact) mass is 208 g/mol. The number of hydrogen-bond donors (Lipinski definition) is 2. The standard InChI is InChI=1S/C10H16N4O/c1-6(9(11)15-4)10-13-5-8(12-3)7(2)14-10/h5,12H,11H2,1-4H3/b9-6-. The number of ether oxygens (including phenoxy) is 1. The molecule has 3 N–H and O–H groups in total. The summed E-state index contributed by atoms with van der Waals surface area (Å²) in [6, 6.07) is 0. The van der Waals surface area contributed by atoms with Crippen molar-refractivity contribution in [2.45, 2.75) is 13.8 Å². The van der Waals surface area contributed by atoms with Crippen LogP contribution in [0.3, 0.4) is 0 Å². The molecular weight excluding hydrogens is 192 g/mol. The van der Waals surface area contributed by atoms with E-state index < -0.39 is 0 Å². The molecule has 0 saturated carbocycles. The number of nitrogens with two attached hydrogens (primary N) is 1. The number of nitrogens with zero attached hydrogens (tertiary/aromatic N) is 2.